The van der Waals surface area contributed by atoms with Gasteiger partial charge >= 0.3 is 0 Å². The van der Waals surface area contributed by atoms with Gasteiger partial charge in [0.05, 0.1) is 10.6 Å². The Balaban J connectivity index is 2.23. The first-order chi connectivity index (χ1) is 10.3. The Kier molecular flexibility index (Phi) is 4.86. The molecule has 1 N–H and O–H groups in total. The fourth-order valence-electron chi connectivity index (χ4n) is 2.22. The number of anilines is 1. The second-order valence-corrected chi connectivity index (χ2v) is 7.49. The van der Waals surface area contributed by atoms with E-state index in [0.29, 0.717) is 17.2 Å². The van der Waals surface area contributed by atoms with Crippen LogP contribution in [0.3, 0.4) is 0 Å². The lowest BCUT2D eigenvalue weighted by Gasteiger charge is -2.11. The highest BCUT2D eigenvalue weighted by atomic mass is 32.2. The minimum atomic E-state index is -3.67. The van der Waals surface area contributed by atoms with E-state index in [1.807, 2.05) is 12.1 Å². The van der Waals surface area contributed by atoms with Gasteiger partial charge in [-0.25, -0.2) is 12.8 Å². The van der Waals surface area contributed by atoms with Crippen LogP contribution in [0.4, 0.5) is 10.1 Å². The van der Waals surface area contributed by atoms with E-state index >= 15 is 0 Å². The number of nitrogens with one attached hydrogen (secondary N) is 1. The summed E-state index contributed by atoms with van der Waals surface area (Å²) in [5, 5.41) is 0. The van der Waals surface area contributed by atoms with E-state index in [-0.39, 0.29) is 4.90 Å². The van der Waals surface area contributed by atoms with Crippen molar-refractivity contribution in [2.75, 3.05) is 4.72 Å². The van der Waals surface area contributed by atoms with Crippen LogP contribution in [0.5, 0.6) is 0 Å². The maximum atomic E-state index is 13.1. The third-order valence-electron chi connectivity index (χ3n) is 3.31. The topological polar surface area (TPSA) is 46.2 Å². The summed E-state index contributed by atoms with van der Waals surface area (Å²) in [5.74, 6) is 0.126. The number of sulfonamides is 1. The van der Waals surface area contributed by atoms with Crippen LogP contribution in [0.1, 0.15) is 25.0 Å². The number of hydrogen-bond acceptors (Lipinski definition) is 2. The summed E-state index contributed by atoms with van der Waals surface area (Å²) < 4.78 is 40.3. The van der Waals surface area contributed by atoms with Crippen LogP contribution >= 0.6 is 0 Å². The van der Waals surface area contributed by atoms with E-state index < -0.39 is 15.8 Å². The standard InChI is InChI=1S/C17H20FNO2S/c1-12(2)10-14-4-7-16(8-5-14)22(20,21)19-17-9-6-15(18)11-13(17)3/h4-9,11-12,19H,10H2,1-3H3. The fraction of sp³-hybridized carbons (Fsp3) is 0.294. The molecule has 0 spiro atoms. The molecule has 0 heterocycles. The molecule has 2 aromatic carbocycles. The first kappa shape index (κ1) is 16.5. The van der Waals surface area contributed by atoms with Crippen molar-refractivity contribution in [3.63, 3.8) is 0 Å². The Bertz CT molecular complexity index is 753. The second kappa shape index (κ2) is 6.48. The van der Waals surface area contributed by atoms with Crippen molar-refractivity contribution in [2.45, 2.75) is 32.1 Å². The van der Waals surface area contributed by atoms with Crippen LogP contribution < -0.4 is 4.72 Å². The summed E-state index contributed by atoms with van der Waals surface area (Å²) in [4.78, 5) is 0.198. The molecule has 0 atom stereocenters. The van der Waals surface area contributed by atoms with Gasteiger partial charge in [-0.05, 0) is 60.7 Å². The second-order valence-electron chi connectivity index (χ2n) is 5.81. The Morgan fingerprint density at radius 1 is 1.09 bits per heavy atom. The quantitative estimate of drug-likeness (QED) is 0.900. The molecule has 0 amide bonds. The summed E-state index contributed by atoms with van der Waals surface area (Å²) in [6.45, 7) is 5.89. The Labute approximate surface area is 131 Å². The molecule has 5 heteroatoms. The van der Waals surface area contributed by atoms with Crippen LogP contribution in [-0.2, 0) is 16.4 Å². The van der Waals surface area contributed by atoms with Crippen molar-refractivity contribution in [3.05, 3.63) is 59.4 Å². The van der Waals surface area contributed by atoms with Crippen molar-refractivity contribution in [1.82, 2.24) is 0 Å². The van der Waals surface area contributed by atoms with Gasteiger partial charge in [0, 0.05) is 0 Å². The Morgan fingerprint density at radius 3 is 2.27 bits per heavy atom. The summed E-state index contributed by atoms with van der Waals surface area (Å²) in [6.07, 6.45) is 0.908. The molecule has 0 saturated heterocycles. The lowest BCUT2D eigenvalue weighted by atomic mass is 10.0. The molecule has 0 bridgehead atoms. The molecule has 2 rings (SSSR count). The van der Waals surface area contributed by atoms with Crippen molar-refractivity contribution >= 4 is 15.7 Å². The van der Waals surface area contributed by atoms with Gasteiger partial charge in [0.25, 0.3) is 10.0 Å². The molecule has 118 valence electrons. The lowest BCUT2D eigenvalue weighted by molar-refractivity contribution is 0.600. The van der Waals surface area contributed by atoms with E-state index in [1.54, 1.807) is 19.1 Å². The van der Waals surface area contributed by atoms with Crippen LogP contribution in [0.25, 0.3) is 0 Å². The van der Waals surface area contributed by atoms with Crippen LogP contribution in [0.2, 0.25) is 0 Å². The van der Waals surface area contributed by atoms with Crippen molar-refractivity contribution < 1.29 is 12.8 Å². The minimum Gasteiger partial charge on any atom is -0.279 e. The highest BCUT2D eigenvalue weighted by Crippen LogP contribution is 2.21. The molecule has 0 aromatic heterocycles. The zero-order valence-corrected chi connectivity index (χ0v) is 13.7. The van der Waals surface area contributed by atoms with Crippen molar-refractivity contribution in [2.24, 2.45) is 5.92 Å². The zero-order chi connectivity index (χ0) is 16.3. The van der Waals surface area contributed by atoms with E-state index in [4.69, 9.17) is 0 Å². The SMILES string of the molecule is Cc1cc(F)ccc1NS(=O)(=O)c1ccc(CC(C)C)cc1. The van der Waals surface area contributed by atoms with Gasteiger partial charge in [-0.3, -0.25) is 4.72 Å². The van der Waals surface area contributed by atoms with Gasteiger partial charge in [-0.1, -0.05) is 26.0 Å². The van der Waals surface area contributed by atoms with E-state index in [2.05, 4.69) is 18.6 Å². The van der Waals surface area contributed by atoms with Gasteiger partial charge in [-0.2, -0.15) is 0 Å². The number of benzene rings is 2. The van der Waals surface area contributed by atoms with Crippen LogP contribution in [-0.4, -0.2) is 8.42 Å². The van der Waals surface area contributed by atoms with Gasteiger partial charge in [-0.15, -0.1) is 0 Å². The molecular formula is C17H20FNO2S. The largest absolute Gasteiger partial charge is 0.279 e. The third kappa shape index (κ3) is 4.07. The number of rotatable bonds is 5. The number of halogens is 1. The van der Waals surface area contributed by atoms with Crippen molar-refractivity contribution in [3.8, 4) is 0 Å². The first-order valence-corrected chi connectivity index (χ1v) is 8.64. The molecule has 22 heavy (non-hydrogen) atoms. The summed E-state index contributed by atoms with van der Waals surface area (Å²) in [6, 6.07) is 10.8. The Hall–Kier alpha value is -1.88. The first-order valence-electron chi connectivity index (χ1n) is 7.16. The molecule has 0 aliphatic carbocycles. The summed E-state index contributed by atoms with van der Waals surface area (Å²) in [5.41, 5.74) is 2.03. The molecule has 0 fully saturated rings. The van der Waals surface area contributed by atoms with Crippen LogP contribution in [0.15, 0.2) is 47.4 Å². The molecule has 3 nitrogen and oxygen atoms in total. The molecule has 0 aliphatic heterocycles. The predicted octanol–water partition coefficient (Wildman–Crippen LogP) is 4.13. The Morgan fingerprint density at radius 2 is 1.73 bits per heavy atom. The lowest BCUT2D eigenvalue weighted by Crippen LogP contribution is -2.14. The molecule has 0 radical (unpaired) electrons. The highest BCUT2D eigenvalue weighted by Gasteiger charge is 2.15. The zero-order valence-electron chi connectivity index (χ0n) is 12.9. The smallest absolute Gasteiger partial charge is 0.261 e. The third-order valence-corrected chi connectivity index (χ3v) is 4.69. The van der Waals surface area contributed by atoms with Gasteiger partial charge in [0.15, 0.2) is 0 Å². The van der Waals surface area contributed by atoms with E-state index in [0.717, 1.165) is 12.0 Å². The number of aryl methyl sites for hydroxylation is 1. The predicted molar refractivity (Wildman–Crippen MR) is 86.9 cm³/mol. The molecule has 0 aliphatic rings. The minimum absolute atomic E-state index is 0.198. The average molecular weight is 321 g/mol. The van der Waals surface area contributed by atoms with Crippen LogP contribution in [0, 0.1) is 18.7 Å². The molecular weight excluding hydrogens is 301 g/mol. The summed E-state index contributed by atoms with van der Waals surface area (Å²) in [7, 11) is -3.67. The van der Waals surface area contributed by atoms with E-state index in [9.17, 15) is 12.8 Å². The van der Waals surface area contributed by atoms with Gasteiger partial charge in [0.1, 0.15) is 5.82 Å². The van der Waals surface area contributed by atoms with Gasteiger partial charge < -0.3 is 0 Å². The normalized spacial score (nSPS) is 11.7. The monoisotopic (exact) mass is 321 g/mol. The maximum absolute atomic E-state index is 13.1. The average Bonchev–Trinajstić information content (AvgIpc) is 2.42. The van der Waals surface area contributed by atoms with Gasteiger partial charge in [0.2, 0.25) is 0 Å². The number of hydrogen-bond donors (Lipinski definition) is 1. The van der Waals surface area contributed by atoms with Crippen molar-refractivity contribution in [1.29, 1.82) is 0 Å². The van der Waals surface area contributed by atoms with E-state index in [1.165, 1.54) is 18.2 Å². The fourth-order valence-corrected chi connectivity index (χ4v) is 3.35. The molecule has 0 unspecified atom stereocenters. The summed E-state index contributed by atoms with van der Waals surface area (Å²) >= 11 is 0. The maximum Gasteiger partial charge on any atom is 0.261 e. The molecule has 2 aromatic rings. The molecule has 0 saturated carbocycles. The highest BCUT2D eigenvalue weighted by molar-refractivity contribution is 7.92.